The molecule has 116 valence electrons. The molecule has 0 atom stereocenters. The molecule has 0 aliphatic heterocycles. The van der Waals surface area contributed by atoms with Gasteiger partial charge in [0.25, 0.3) is 0 Å². The second kappa shape index (κ2) is 7.36. The topological polar surface area (TPSA) is 100 Å². The van der Waals surface area contributed by atoms with E-state index in [4.69, 9.17) is 11.1 Å². The molecule has 0 aromatic heterocycles. The maximum Gasteiger partial charge on any atom is 0.573 e. The number of amides is 2. The van der Waals surface area contributed by atoms with Crippen LogP contribution in [-0.2, 0) is 0 Å². The summed E-state index contributed by atoms with van der Waals surface area (Å²) < 4.78 is 39.6. The van der Waals surface area contributed by atoms with Crippen LogP contribution in [0.5, 0.6) is 5.75 Å². The van der Waals surface area contributed by atoms with Crippen LogP contribution in [0.25, 0.3) is 0 Å². The van der Waals surface area contributed by atoms with Crippen molar-refractivity contribution in [1.29, 1.82) is 5.41 Å². The largest absolute Gasteiger partial charge is 0.573 e. The van der Waals surface area contributed by atoms with Crippen molar-refractivity contribution in [3.63, 3.8) is 0 Å². The fourth-order valence-electron chi connectivity index (χ4n) is 1.40. The number of carbonyl (C=O) groups is 1. The summed E-state index contributed by atoms with van der Waals surface area (Å²) in [6.07, 6.45) is -3.84. The van der Waals surface area contributed by atoms with E-state index in [1.165, 1.54) is 12.1 Å². The average molecular weight is 304 g/mol. The molecule has 0 radical (unpaired) electrons. The number of ether oxygens (including phenoxy) is 1. The fraction of sp³-hybridized carbons (Fsp3) is 0.333. The third kappa shape index (κ3) is 7.65. The fourth-order valence-corrected chi connectivity index (χ4v) is 1.40. The Morgan fingerprint density at radius 2 is 1.90 bits per heavy atom. The number of carbonyl (C=O) groups excluding carboxylic acids is 1. The van der Waals surface area contributed by atoms with Gasteiger partial charge in [-0.05, 0) is 30.7 Å². The quantitative estimate of drug-likeness (QED) is 0.369. The van der Waals surface area contributed by atoms with Crippen molar-refractivity contribution in [3.05, 3.63) is 24.3 Å². The van der Waals surface area contributed by atoms with Crippen LogP contribution >= 0.6 is 0 Å². The Bertz CT molecular complexity index is 488. The van der Waals surface area contributed by atoms with E-state index in [-0.39, 0.29) is 11.6 Å². The molecule has 0 saturated heterocycles. The van der Waals surface area contributed by atoms with Gasteiger partial charge in [0, 0.05) is 18.7 Å². The van der Waals surface area contributed by atoms with Crippen molar-refractivity contribution in [2.75, 3.05) is 11.9 Å². The molecule has 0 heterocycles. The lowest BCUT2D eigenvalue weighted by molar-refractivity contribution is -0.274. The van der Waals surface area contributed by atoms with Crippen molar-refractivity contribution in [1.82, 2.24) is 5.32 Å². The van der Waals surface area contributed by atoms with Gasteiger partial charge in [0.05, 0.1) is 5.84 Å². The number of halogens is 3. The van der Waals surface area contributed by atoms with Gasteiger partial charge in [-0.1, -0.05) is 0 Å². The molecule has 5 N–H and O–H groups in total. The zero-order valence-corrected chi connectivity index (χ0v) is 11.0. The van der Waals surface area contributed by atoms with Gasteiger partial charge in [-0.2, -0.15) is 0 Å². The summed E-state index contributed by atoms with van der Waals surface area (Å²) >= 11 is 0. The van der Waals surface area contributed by atoms with E-state index in [1.54, 1.807) is 0 Å². The lowest BCUT2D eigenvalue weighted by atomic mass is 10.3. The first-order chi connectivity index (χ1) is 9.76. The van der Waals surface area contributed by atoms with Crippen molar-refractivity contribution in [2.24, 2.45) is 5.73 Å². The molecule has 21 heavy (non-hydrogen) atoms. The van der Waals surface area contributed by atoms with Crippen LogP contribution < -0.4 is 21.1 Å². The third-order valence-electron chi connectivity index (χ3n) is 2.25. The highest BCUT2D eigenvalue weighted by Gasteiger charge is 2.30. The molecule has 1 rings (SSSR count). The van der Waals surface area contributed by atoms with E-state index >= 15 is 0 Å². The number of benzene rings is 1. The standard InChI is InChI=1S/C12H15F3N4O2/c13-12(14,15)21-9-5-3-8(4-6-9)19-11(20)18-7-1-2-10(16)17/h3-6H,1-2,7H2,(H3,16,17)(H2,18,19,20). The molecular formula is C12H15F3N4O2. The molecule has 0 unspecified atom stereocenters. The molecule has 0 bridgehead atoms. The highest BCUT2D eigenvalue weighted by atomic mass is 19.4. The summed E-state index contributed by atoms with van der Waals surface area (Å²) in [7, 11) is 0. The first-order valence-corrected chi connectivity index (χ1v) is 6.00. The van der Waals surface area contributed by atoms with E-state index in [0.29, 0.717) is 25.1 Å². The molecule has 1 aromatic rings. The van der Waals surface area contributed by atoms with E-state index in [2.05, 4.69) is 15.4 Å². The van der Waals surface area contributed by atoms with Crippen molar-refractivity contribution >= 4 is 17.6 Å². The average Bonchev–Trinajstić information content (AvgIpc) is 2.35. The van der Waals surface area contributed by atoms with Gasteiger partial charge in [0.1, 0.15) is 5.75 Å². The number of alkyl halides is 3. The number of urea groups is 1. The summed E-state index contributed by atoms with van der Waals surface area (Å²) in [4.78, 5) is 11.5. The Balaban J connectivity index is 2.37. The minimum atomic E-state index is -4.75. The van der Waals surface area contributed by atoms with Gasteiger partial charge in [-0.3, -0.25) is 5.41 Å². The van der Waals surface area contributed by atoms with Crippen molar-refractivity contribution in [3.8, 4) is 5.75 Å². The minimum Gasteiger partial charge on any atom is -0.406 e. The predicted molar refractivity (Wildman–Crippen MR) is 71.3 cm³/mol. The summed E-state index contributed by atoms with van der Waals surface area (Å²) in [5, 5.41) is 12.0. The van der Waals surface area contributed by atoms with E-state index in [0.717, 1.165) is 12.1 Å². The van der Waals surface area contributed by atoms with Gasteiger partial charge in [-0.25, -0.2) is 4.79 Å². The Morgan fingerprint density at radius 1 is 1.29 bits per heavy atom. The van der Waals surface area contributed by atoms with Crippen LogP contribution in [0.2, 0.25) is 0 Å². The van der Waals surface area contributed by atoms with Crippen LogP contribution in [0.1, 0.15) is 12.8 Å². The molecule has 0 aliphatic carbocycles. The minimum absolute atomic E-state index is 0.0393. The Morgan fingerprint density at radius 3 is 2.43 bits per heavy atom. The van der Waals surface area contributed by atoms with E-state index < -0.39 is 12.4 Å². The number of anilines is 1. The van der Waals surface area contributed by atoms with Gasteiger partial charge in [-0.15, -0.1) is 13.2 Å². The molecule has 2 amide bonds. The molecule has 9 heteroatoms. The molecular weight excluding hydrogens is 289 g/mol. The number of hydrogen-bond donors (Lipinski definition) is 4. The summed E-state index contributed by atoms with van der Waals surface area (Å²) in [6, 6.07) is 4.27. The Hall–Kier alpha value is -2.45. The van der Waals surface area contributed by atoms with Crippen molar-refractivity contribution < 1.29 is 22.7 Å². The SMILES string of the molecule is N=C(N)CCCNC(=O)Nc1ccc(OC(F)(F)F)cc1. The summed E-state index contributed by atoms with van der Waals surface area (Å²) in [5.41, 5.74) is 5.48. The second-order valence-corrected chi connectivity index (χ2v) is 4.08. The summed E-state index contributed by atoms with van der Waals surface area (Å²) in [5.74, 6) is -0.327. The first-order valence-electron chi connectivity index (χ1n) is 6.00. The summed E-state index contributed by atoms with van der Waals surface area (Å²) in [6.45, 7) is 0.334. The number of amidine groups is 1. The number of hydrogen-bond acceptors (Lipinski definition) is 3. The molecule has 0 fully saturated rings. The van der Waals surface area contributed by atoms with E-state index in [1.807, 2.05) is 0 Å². The molecule has 0 saturated carbocycles. The lowest BCUT2D eigenvalue weighted by Gasteiger charge is -2.10. The van der Waals surface area contributed by atoms with Crippen LogP contribution in [-0.4, -0.2) is 24.8 Å². The Labute approximate surface area is 119 Å². The van der Waals surface area contributed by atoms with Crippen LogP contribution in [0, 0.1) is 5.41 Å². The maximum atomic E-state index is 12.0. The third-order valence-corrected chi connectivity index (χ3v) is 2.25. The van der Waals surface area contributed by atoms with Crippen molar-refractivity contribution in [2.45, 2.75) is 19.2 Å². The van der Waals surface area contributed by atoms with Crippen LogP contribution in [0.3, 0.4) is 0 Å². The highest BCUT2D eigenvalue weighted by Crippen LogP contribution is 2.23. The lowest BCUT2D eigenvalue weighted by Crippen LogP contribution is -2.30. The van der Waals surface area contributed by atoms with Gasteiger partial charge in [0.2, 0.25) is 0 Å². The maximum absolute atomic E-state index is 12.0. The second-order valence-electron chi connectivity index (χ2n) is 4.08. The number of nitrogens with two attached hydrogens (primary N) is 1. The molecule has 6 nitrogen and oxygen atoms in total. The zero-order chi connectivity index (χ0) is 15.9. The molecule has 0 spiro atoms. The first kappa shape index (κ1) is 16.6. The van der Waals surface area contributed by atoms with Gasteiger partial charge in [0.15, 0.2) is 0 Å². The Kier molecular flexibility index (Phi) is 5.82. The van der Waals surface area contributed by atoms with E-state index in [9.17, 15) is 18.0 Å². The molecule has 1 aromatic carbocycles. The molecule has 0 aliphatic rings. The predicted octanol–water partition coefficient (Wildman–Crippen LogP) is 2.42. The smallest absolute Gasteiger partial charge is 0.406 e. The van der Waals surface area contributed by atoms with Gasteiger partial charge < -0.3 is 21.1 Å². The highest BCUT2D eigenvalue weighted by molar-refractivity contribution is 5.89. The normalized spacial score (nSPS) is 10.8. The number of rotatable bonds is 6. The zero-order valence-electron chi connectivity index (χ0n) is 11.0. The monoisotopic (exact) mass is 304 g/mol. The van der Waals surface area contributed by atoms with Gasteiger partial charge >= 0.3 is 12.4 Å². The number of nitrogens with one attached hydrogen (secondary N) is 3. The van der Waals surface area contributed by atoms with Crippen LogP contribution in [0.4, 0.5) is 23.7 Å². The van der Waals surface area contributed by atoms with Crippen LogP contribution in [0.15, 0.2) is 24.3 Å².